The van der Waals surface area contributed by atoms with E-state index in [9.17, 15) is 8.76 Å². The predicted octanol–water partition coefficient (Wildman–Crippen LogP) is 2.13. The van der Waals surface area contributed by atoms with Gasteiger partial charge in [-0.15, -0.1) is 0 Å². The summed E-state index contributed by atoms with van der Waals surface area (Å²) in [5, 5.41) is 0. The first-order valence-corrected chi connectivity index (χ1v) is 5.88. The van der Waals surface area contributed by atoms with Crippen LogP contribution in [0, 0.1) is 7.14 Å². The minimum atomic E-state index is -2.11. The first-order valence-electron chi connectivity index (χ1n) is 2.65. The van der Waals surface area contributed by atoms with Gasteiger partial charge in [0.25, 0.3) is 0 Å². The fourth-order valence-electron chi connectivity index (χ4n) is 0.625. The summed E-state index contributed by atoms with van der Waals surface area (Å²) in [4.78, 5) is 0.348. The second-order valence-electron chi connectivity index (χ2n) is 1.84. The Labute approximate surface area is 94.3 Å². The lowest BCUT2D eigenvalue weighted by Gasteiger charge is -2.05. The maximum atomic E-state index is 10.5. The largest absolute Gasteiger partial charge is 0.768 e. The van der Waals surface area contributed by atoms with E-state index in [1.54, 1.807) is 12.1 Å². The van der Waals surface area contributed by atoms with Gasteiger partial charge in [-0.3, -0.25) is 4.21 Å². The van der Waals surface area contributed by atoms with Gasteiger partial charge in [-0.2, -0.15) is 0 Å². The summed E-state index contributed by atoms with van der Waals surface area (Å²) in [7, 11) is 0. The molecule has 0 aliphatic carbocycles. The summed E-state index contributed by atoms with van der Waals surface area (Å²) in [5.74, 6) is 0. The van der Waals surface area contributed by atoms with Crippen molar-refractivity contribution < 1.29 is 8.76 Å². The first-order chi connectivity index (χ1) is 5.09. The van der Waals surface area contributed by atoms with Crippen LogP contribution in [0.4, 0.5) is 0 Å². The lowest BCUT2D eigenvalue weighted by molar-refractivity contribution is 0.537. The van der Waals surface area contributed by atoms with Crippen LogP contribution in [0.3, 0.4) is 0 Å². The van der Waals surface area contributed by atoms with Gasteiger partial charge in [0, 0.05) is 12.0 Å². The molecule has 0 fully saturated rings. The van der Waals surface area contributed by atoms with Gasteiger partial charge in [0.15, 0.2) is 0 Å². The third-order valence-electron chi connectivity index (χ3n) is 1.03. The van der Waals surface area contributed by atoms with E-state index in [-0.39, 0.29) is 0 Å². The molecule has 0 saturated heterocycles. The molecule has 1 unspecified atom stereocenters. The van der Waals surface area contributed by atoms with Crippen molar-refractivity contribution in [3.8, 4) is 0 Å². The molecular formula is C6H3I2O2S-. The van der Waals surface area contributed by atoms with Gasteiger partial charge in [-0.1, -0.05) is 0 Å². The molecule has 1 aromatic carbocycles. The summed E-state index contributed by atoms with van der Waals surface area (Å²) in [6.45, 7) is 0. The van der Waals surface area contributed by atoms with E-state index in [1.165, 1.54) is 0 Å². The zero-order valence-corrected chi connectivity index (χ0v) is 10.3. The van der Waals surface area contributed by atoms with Gasteiger partial charge in [0.2, 0.25) is 0 Å². The van der Waals surface area contributed by atoms with Gasteiger partial charge in [0.05, 0.1) is 0 Å². The Balaban J connectivity index is 3.19. The van der Waals surface area contributed by atoms with Crippen LogP contribution in [0.5, 0.6) is 0 Å². The molecular weight excluding hydrogens is 390 g/mol. The molecule has 1 atom stereocenters. The summed E-state index contributed by atoms with van der Waals surface area (Å²) in [5.41, 5.74) is 0. The van der Waals surface area contributed by atoms with Gasteiger partial charge >= 0.3 is 0 Å². The van der Waals surface area contributed by atoms with Crippen molar-refractivity contribution in [1.29, 1.82) is 0 Å². The topological polar surface area (TPSA) is 40.1 Å². The van der Waals surface area contributed by atoms with Crippen LogP contribution in [0.2, 0.25) is 0 Å². The smallest absolute Gasteiger partial charge is 0.0269 e. The van der Waals surface area contributed by atoms with Crippen molar-refractivity contribution in [2.45, 2.75) is 4.90 Å². The Bertz CT molecular complexity index is 280. The van der Waals surface area contributed by atoms with Gasteiger partial charge in [-0.05, 0) is 74.5 Å². The predicted molar refractivity (Wildman–Crippen MR) is 59.1 cm³/mol. The second kappa shape index (κ2) is 4.15. The van der Waals surface area contributed by atoms with Crippen molar-refractivity contribution >= 4 is 56.3 Å². The van der Waals surface area contributed by atoms with Crippen molar-refractivity contribution in [2.75, 3.05) is 0 Å². The number of halogens is 2. The average molecular weight is 393 g/mol. The maximum Gasteiger partial charge on any atom is 0.0269 e. The Hall–Kier alpha value is 0.790. The highest BCUT2D eigenvalue weighted by Crippen LogP contribution is 2.15. The average Bonchev–Trinajstić information content (AvgIpc) is 1.85. The van der Waals surface area contributed by atoms with Gasteiger partial charge < -0.3 is 4.55 Å². The molecule has 0 bridgehead atoms. The van der Waals surface area contributed by atoms with E-state index >= 15 is 0 Å². The summed E-state index contributed by atoms with van der Waals surface area (Å²) >= 11 is 2.06. The van der Waals surface area contributed by atoms with Crippen LogP contribution in [0.15, 0.2) is 23.1 Å². The lowest BCUT2D eigenvalue weighted by atomic mass is 10.4. The standard InChI is InChI=1S/C6H4I2O2S/c7-4-1-5(8)3-6(2-4)11(9)10/h1-3H,(H,9,10)/p-1. The van der Waals surface area contributed by atoms with E-state index in [0.717, 1.165) is 7.14 Å². The quantitative estimate of drug-likeness (QED) is 0.542. The van der Waals surface area contributed by atoms with Crippen molar-refractivity contribution in [1.82, 2.24) is 0 Å². The SMILES string of the molecule is O=S([O-])c1cc(I)cc(I)c1. The highest BCUT2D eigenvalue weighted by atomic mass is 127. The molecule has 0 aliphatic heterocycles. The Morgan fingerprint density at radius 3 is 2.00 bits per heavy atom. The Morgan fingerprint density at radius 1 is 1.18 bits per heavy atom. The maximum absolute atomic E-state index is 10.5. The molecule has 1 rings (SSSR count). The minimum absolute atomic E-state index is 0.348. The summed E-state index contributed by atoms with van der Waals surface area (Å²) in [6, 6.07) is 5.18. The number of benzene rings is 1. The zero-order valence-electron chi connectivity index (χ0n) is 5.21. The lowest BCUT2D eigenvalue weighted by Crippen LogP contribution is -1.90. The van der Waals surface area contributed by atoms with Crippen LogP contribution in [-0.4, -0.2) is 8.76 Å². The van der Waals surface area contributed by atoms with Crippen molar-refractivity contribution in [3.05, 3.63) is 25.3 Å². The molecule has 0 radical (unpaired) electrons. The molecule has 60 valence electrons. The normalized spacial score (nSPS) is 13.0. The highest BCUT2D eigenvalue weighted by Gasteiger charge is 1.96. The van der Waals surface area contributed by atoms with Crippen molar-refractivity contribution in [3.63, 3.8) is 0 Å². The van der Waals surface area contributed by atoms with Crippen LogP contribution < -0.4 is 0 Å². The monoisotopic (exact) mass is 393 g/mol. The van der Waals surface area contributed by atoms with E-state index in [4.69, 9.17) is 0 Å². The van der Waals surface area contributed by atoms with Crippen LogP contribution in [0.1, 0.15) is 0 Å². The van der Waals surface area contributed by atoms with E-state index in [2.05, 4.69) is 45.2 Å². The molecule has 0 N–H and O–H groups in total. The molecule has 0 saturated carbocycles. The second-order valence-corrected chi connectivity index (χ2v) is 5.27. The fourth-order valence-corrected chi connectivity index (χ4v) is 3.43. The van der Waals surface area contributed by atoms with Crippen LogP contribution in [-0.2, 0) is 11.1 Å². The number of rotatable bonds is 1. The number of hydrogen-bond acceptors (Lipinski definition) is 2. The first kappa shape index (κ1) is 9.87. The molecule has 5 heteroatoms. The van der Waals surface area contributed by atoms with Crippen LogP contribution >= 0.6 is 45.2 Å². The minimum Gasteiger partial charge on any atom is -0.768 e. The van der Waals surface area contributed by atoms with E-state index in [1.807, 2.05) is 6.07 Å². The van der Waals surface area contributed by atoms with E-state index in [0.29, 0.717) is 4.90 Å². The van der Waals surface area contributed by atoms with Gasteiger partial charge in [0.1, 0.15) is 0 Å². The fraction of sp³-hybridized carbons (Fsp3) is 0. The Morgan fingerprint density at radius 2 is 1.64 bits per heavy atom. The third kappa shape index (κ3) is 2.96. The highest BCUT2D eigenvalue weighted by molar-refractivity contribution is 14.1. The molecule has 0 heterocycles. The molecule has 1 aromatic rings. The Kier molecular flexibility index (Phi) is 3.72. The third-order valence-corrected chi connectivity index (χ3v) is 2.89. The molecule has 2 nitrogen and oxygen atoms in total. The molecule has 0 spiro atoms. The van der Waals surface area contributed by atoms with Gasteiger partial charge in [-0.25, -0.2) is 0 Å². The van der Waals surface area contributed by atoms with E-state index < -0.39 is 11.1 Å². The van der Waals surface area contributed by atoms with Crippen molar-refractivity contribution in [2.24, 2.45) is 0 Å². The molecule has 11 heavy (non-hydrogen) atoms. The molecule has 0 aliphatic rings. The number of hydrogen-bond donors (Lipinski definition) is 0. The molecule has 0 aromatic heterocycles. The summed E-state index contributed by atoms with van der Waals surface area (Å²) in [6.07, 6.45) is 0. The summed E-state index contributed by atoms with van der Waals surface area (Å²) < 4.78 is 22.9. The molecule has 0 amide bonds. The zero-order chi connectivity index (χ0) is 8.43. The van der Waals surface area contributed by atoms with Crippen LogP contribution in [0.25, 0.3) is 0 Å².